The molecule has 72 valence electrons. The second kappa shape index (κ2) is 3.42. The second-order valence-electron chi connectivity index (χ2n) is 2.94. The van der Waals surface area contributed by atoms with Crippen molar-refractivity contribution in [2.75, 3.05) is 5.73 Å². The average Bonchev–Trinajstić information content (AvgIpc) is 2.48. The summed E-state index contributed by atoms with van der Waals surface area (Å²) >= 11 is 3.34. The number of nitrogens with zero attached hydrogens (tertiary/aromatic N) is 3. The van der Waals surface area contributed by atoms with Crippen molar-refractivity contribution in [3.8, 4) is 11.3 Å². The molecule has 0 aliphatic carbocycles. The quantitative estimate of drug-likeness (QED) is 0.789. The first kappa shape index (κ1) is 9.21. The van der Waals surface area contributed by atoms with E-state index in [-0.39, 0.29) is 0 Å². The Hall–Kier alpha value is -1.36. The van der Waals surface area contributed by atoms with Gasteiger partial charge in [-0.2, -0.15) is 0 Å². The number of rotatable bonds is 1. The first-order chi connectivity index (χ1) is 6.70. The summed E-state index contributed by atoms with van der Waals surface area (Å²) in [4.78, 5) is 0. The highest BCUT2D eigenvalue weighted by Crippen LogP contribution is 2.29. The summed E-state index contributed by atoms with van der Waals surface area (Å²) < 4.78 is 2.40. The maximum Gasteiger partial charge on any atom is 0.156 e. The molecule has 5 heteroatoms. The predicted octanol–water partition coefficient (Wildman–Crippen LogP) is 1.83. The van der Waals surface area contributed by atoms with E-state index in [2.05, 4.69) is 26.2 Å². The van der Waals surface area contributed by atoms with Crippen molar-refractivity contribution < 1.29 is 0 Å². The lowest BCUT2D eigenvalue weighted by Crippen LogP contribution is -1.97. The Morgan fingerprint density at radius 2 is 2.07 bits per heavy atom. The number of anilines is 1. The number of aromatic nitrogens is 3. The molecule has 0 spiro atoms. The summed E-state index contributed by atoms with van der Waals surface area (Å²) in [5.41, 5.74) is 8.41. The van der Waals surface area contributed by atoms with Crippen LogP contribution in [-0.4, -0.2) is 15.0 Å². The van der Waals surface area contributed by atoms with Gasteiger partial charge in [0.2, 0.25) is 0 Å². The SMILES string of the molecule is Cn1nnc(Br)c1-c1ccccc1N. The number of hydrogen-bond donors (Lipinski definition) is 1. The number of aryl methyl sites for hydroxylation is 1. The summed E-state index contributed by atoms with van der Waals surface area (Å²) in [6.07, 6.45) is 0. The zero-order valence-corrected chi connectivity index (χ0v) is 9.19. The lowest BCUT2D eigenvalue weighted by Gasteiger charge is -2.04. The maximum atomic E-state index is 5.86. The Kier molecular flexibility index (Phi) is 2.25. The van der Waals surface area contributed by atoms with Crippen molar-refractivity contribution in [3.63, 3.8) is 0 Å². The van der Waals surface area contributed by atoms with Crippen LogP contribution >= 0.6 is 15.9 Å². The Morgan fingerprint density at radius 1 is 1.36 bits per heavy atom. The zero-order chi connectivity index (χ0) is 10.1. The van der Waals surface area contributed by atoms with Gasteiger partial charge in [-0.15, -0.1) is 5.10 Å². The number of nitrogens with two attached hydrogens (primary N) is 1. The molecule has 2 aromatic rings. The highest BCUT2D eigenvalue weighted by atomic mass is 79.9. The van der Waals surface area contributed by atoms with E-state index < -0.39 is 0 Å². The predicted molar refractivity (Wildman–Crippen MR) is 58.6 cm³/mol. The minimum Gasteiger partial charge on any atom is -0.398 e. The van der Waals surface area contributed by atoms with E-state index in [0.29, 0.717) is 4.60 Å². The van der Waals surface area contributed by atoms with Gasteiger partial charge in [0.05, 0.1) is 0 Å². The molecule has 2 N–H and O–H groups in total. The summed E-state index contributed by atoms with van der Waals surface area (Å²) in [6, 6.07) is 7.63. The van der Waals surface area contributed by atoms with E-state index in [0.717, 1.165) is 16.9 Å². The molecule has 0 saturated heterocycles. The highest BCUT2D eigenvalue weighted by molar-refractivity contribution is 9.10. The molecule has 0 amide bonds. The summed E-state index contributed by atoms with van der Waals surface area (Å²) in [6.45, 7) is 0. The molecule has 1 aromatic carbocycles. The van der Waals surface area contributed by atoms with Crippen LogP contribution in [0.2, 0.25) is 0 Å². The van der Waals surface area contributed by atoms with E-state index >= 15 is 0 Å². The van der Waals surface area contributed by atoms with Crippen LogP contribution in [0.1, 0.15) is 0 Å². The highest BCUT2D eigenvalue weighted by Gasteiger charge is 2.12. The third-order valence-electron chi connectivity index (χ3n) is 2.00. The molecule has 2 rings (SSSR count). The fraction of sp³-hybridized carbons (Fsp3) is 0.111. The van der Waals surface area contributed by atoms with Gasteiger partial charge in [-0.05, 0) is 22.0 Å². The van der Waals surface area contributed by atoms with Crippen LogP contribution in [0.25, 0.3) is 11.3 Å². The molecule has 4 nitrogen and oxygen atoms in total. The van der Waals surface area contributed by atoms with Crippen LogP contribution in [0.3, 0.4) is 0 Å². The van der Waals surface area contributed by atoms with Crippen molar-refractivity contribution in [2.45, 2.75) is 0 Å². The minimum atomic E-state index is 0.706. The van der Waals surface area contributed by atoms with Gasteiger partial charge in [-0.25, -0.2) is 4.68 Å². The monoisotopic (exact) mass is 252 g/mol. The number of benzene rings is 1. The smallest absolute Gasteiger partial charge is 0.156 e. The van der Waals surface area contributed by atoms with Gasteiger partial charge >= 0.3 is 0 Å². The van der Waals surface area contributed by atoms with Crippen molar-refractivity contribution in [2.24, 2.45) is 7.05 Å². The van der Waals surface area contributed by atoms with Gasteiger partial charge < -0.3 is 5.73 Å². The van der Waals surface area contributed by atoms with Gasteiger partial charge in [0, 0.05) is 18.3 Å². The van der Waals surface area contributed by atoms with E-state index in [1.807, 2.05) is 31.3 Å². The van der Waals surface area contributed by atoms with Crippen molar-refractivity contribution >= 4 is 21.6 Å². The summed E-state index contributed by atoms with van der Waals surface area (Å²) in [5, 5.41) is 7.81. The van der Waals surface area contributed by atoms with E-state index in [9.17, 15) is 0 Å². The lowest BCUT2D eigenvalue weighted by atomic mass is 10.1. The van der Waals surface area contributed by atoms with E-state index in [4.69, 9.17) is 5.73 Å². The van der Waals surface area contributed by atoms with E-state index in [1.54, 1.807) is 4.68 Å². The Labute approximate surface area is 89.9 Å². The number of hydrogen-bond acceptors (Lipinski definition) is 3. The van der Waals surface area contributed by atoms with E-state index in [1.165, 1.54) is 0 Å². The maximum absolute atomic E-state index is 5.86. The summed E-state index contributed by atoms with van der Waals surface area (Å²) in [7, 11) is 1.83. The molecule has 0 aliphatic rings. The molecule has 0 atom stereocenters. The molecule has 0 saturated carbocycles. The number of halogens is 1. The zero-order valence-electron chi connectivity index (χ0n) is 7.61. The fourth-order valence-corrected chi connectivity index (χ4v) is 1.87. The fourth-order valence-electron chi connectivity index (χ4n) is 1.33. The van der Waals surface area contributed by atoms with Gasteiger partial charge in [-0.1, -0.05) is 23.4 Å². The molecule has 14 heavy (non-hydrogen) atoms. The Bertz CT molecular complexity index is 444. The standard InChI is InChI=1S/C9H9BrN4/c1-14-8(9(10)12-13-14)6-4-2-3-5-7(6)11/h2-5H,11H2,1H3. The van der Waals surface area contributed by atoms with Crippen molar-refractivity contribution in [3.05, 3.63) is 28.9 Å². The first-order valence-corrected chi connectivity index (χ1v) is 4.89. The van der Waals surface area contributed by atoms with Crippen molar-refractivity contribution in [1.82, 2.24) is 15.0 Å². The second-order valence-corrected chi connectivity index (χ2v) is 3.69. The third kappa shape index (κ3) is 1.39. The number of para-hydroxylation sites is 1. The van der Waals surface area contributed by atoms with Crippen LogP contribution in [-0.2, 0) is 7.05 Å². The van der Waals surface area contributed by atoms with Crippen LogP contribution in [0.15, 0.2) is 28.9 Å². The molecule has 0 unspecified atom stereocenters. The van der Waals surface area contributed by atoms with Crippen molar-refractivity contribution in [1.29, 1.82) is 0 Å². The van der Waals surface area contributed by atoms with Crippen LogP contribution in [0.5, 0.6) is 0 Å². The molecular formula is C9H9BrN4. The number of nitrogen functional groups attached to an aromatic ring is 1. The summed E-state index contributed by atoms with van der Waals surface area (Å²) in [5.74, 6) is 0. The average molecular weight is 253 g/mol. The molecule has 0 aliphatic heterocycles. The molecular weight excluding hydrogens is 244 g/mol. The molecule has 1 aromatic heterocycles. The van der Waals surface area contributed by atoms with Crippen LogP contribution < -0.4 is 5.73 Å². The topological polar surface area (TPSA) is 56.7 Å². The normalized spacial score (nSPS) is 10.4. The Morgan fingerprint density at radius 3 is 2.64 bits per heavy atom. The van der Waals surface area contributed by atoms with Gasteiger partial charge in [0.15, 0.2) is 4.60 Å². The minimum absolute atomic E-state index is 0.706. The largest absolute Gasteiger partial charge is 0.398 e. The molecule has 0 bridgehead atoms. The lowest BCUT2D eigenvalue weighted by molar-refractivity contribution is 0.720. The van der Waals surface area contributed by atoms with Gasteiger partial charge in [0.25, 0.3) is 0 Å². The van der Waals surface area contributed by atoms with Gasteiger partial charge in [-0.3, -0.25) is 0 Å². The first-order valence-electron chi connectivity index (χ1n) is 4.10. The third-order valence-corrected chi connectivity index (χ3v) is 2.54. The molecule has 1 heterocycles. The Balaban J connectivity index is 2.66. The van der Waals surface area contributed by atoms with Crippen LogP contribution in [0, 0.1) is 0 Å². The van der Waals surface area contributed by atoms with Crippen LogP contribution in [0.4, 0.5) is 5.69 Å². The van der Waals surface area contributed by atoms with Gasteiger partial charge in [0.1, 0.15) is 5.69 Å². The molecule has 0 radical (unpaired) electrons. The molecule has 0 fully saturated rings.